The van der Waals surface area contributed by atoms with E-state index in [1.165, 1.54) is 29.0 Å². The minimum absolute atomic E-state index is 0.01000. The van der Waals surface area contributed by atoms with E-state index in [0.717, 1.165) is 63.2 Å². The molecule has 0 spiro atoms. The molecule has 3 aliphatic rings. The van der Waals surface area contributed by atoms with Crippen LogP contribution in [0.3, 0.4) is 0 Å². The number of nitrogens with one attached hydrogen (secondary N) is 1. The van der Waals surface area contributed by atoms with Gasteiger partial charge in [0.05, 0.1) is 6.26 Å². The average Bonchev–Trinajstić information content (AvgIpc) is 3.45. The summed E-state index contributed by atoms with van der Waals surface area (Å²) < 4.78 is 29.5. The first-order chi connectivity index (χ1) is 19.2. The third-order valence-electron chi connectivity index (χ3n) is 8.64. The minimum atomic E-state index is -3.16. The molecule has 1 aromatic carbocycles. The number of alkyl halides is 1. The van der Waals surface area contributed by atoms with Crippen molar-refractivity contribution in [1.82, 2.24) is 24.1 Å². The molecule has 0 bridgehead atoms. The summed E-state index contributed by atoms with van der Waals surface area (Å²) in [5.41, 5.74) is 2.62. The first-order valence-electron chi connectivity index (χ1n) is 14.2. The molecule has 0 radical (unpaired) electrons. The van der Waals surface area contributed by atoms with Crippen LogP contribution < -0.4 is 29.9 Å². The molecule has 0 saturated carbocycles. The Morgan fingerprint density at radius 2 is 1.70 bits per heavy atom. The Morgan fingerprint density at radius 3 is 2.38 bits per heavy atom. The number of benzene rings is 1. The van der Waals surface area contributed by atoms with Gasteiger partial charge in [-0.05, 0) is 0 Å². The van der Waals surface area contributed by atoms with Gasteiger partial charge in [-0.3, -0.25) is 0 Å². The third-order valence-corrected chi connectivity index (χ3v) is 12.7. The van der Waals surface area contributed by atoms with Crippen molar-refractivity contribution >= 4 is 27.4 Å². The van der Waals surface area contributed by atoms with Crippen molar-refractivity contribution < 1.29 is 34.7 Å². The van der Waals surface area contributed by atoms with E-state index in [9.17, 15) is 13.2 Å². The number of para-hydroxylation sites is 1. The number of halogens is 1. The van der Waals surface area contributed by atoms with Gasteiger partial charge in [-0.15, -0.1) is 0 Å². The molecule has 2 aromatic rings. The maximum absolute atomic E-state index is 13.5. The zero-order valence-electron chi connectivity index (χ0n) is 23.7. The molecule has 220 valence electrons. The molecule has 12 heteroatoms. The molecular weight excluding hydrogens is 641 g/mol. The summed E-state index contributed by atoms with van der Waals surface area (Å²) in [5.74, 6) is 0.783. The second-order valence-corrected chi connectivity index (χ2v) is 16.1. The fourth-order valence-corrected chi connectivity index (χ4v) is 9.33. The Kier molecular flexibility index (Phi) is 9.48. The maximum atomic E-state index is 13.5. The quantitative estimate of drug-likeness (QED) is 0.225. The van der Waals surface area contributed by atoms with Gasteiger partial charge in [0.2, 0.25) is 10.0 Å². The van der Waals surface area contributed by atoms with Gasteiger partial charge in [0.15, 0.2) is 0 Å². The van der Waals surface area contributed by atoms with Crippen molar-refractivity contribution in [1.29, 1.82) is 0 Å². The summed E-state index contributed by atoms with van der Waals surface area (Å²) in [6.45, 7) is 7.31. The van der Waals surface area contributed by atoms with Crippen LogP contribution >= 0.6 is 0 Å². The average molecular weight is 683 g/mol. The van der Waals surface area contributed by atoms with E-state index >= 15 is 0 Å². The molecule has 1 atom stereocenters. The van der Waals surface area contributed by atoms with Gasteiger partial charge in [0, 0.05) is 13.1 Å². The van der Waals surface area contributed by atoms with E-state index < -0.39 is 10.0 Å². The number of hydrogen-bond acceptors (Lipinski definition) is 8. The number of sulfonamides is 1. The van der Waals surface area contributed by atoms with E-state index in [4.69, 9.17) is 0 Å². The molecule has 5 rings (SSSR count). The second-order valence-electron chi connectivity index (χ2n) is 11.1. The van der Waals surface area contributed by atoms with Gasteiger partial charge in [-0.1, -0.05) is 0 Å². The van der Waals surface area contributed by atoms with Crippen LogP contribution in [0, 0.1) is 6.92 Å². The molecule has 1 aromatic heterocycles. The van der Waals surface area contributed by atoms with Crippen LogP contribution in [0.2, 0.25) is 0 Å². The number of likely N-dealkylation sites (tertiary alicyclic amines) is 2. The molecule has 3 fully saturated rings. The van der Waals surface area contributed by atoms with Gasteiger partial charge in [-0.25, -0.2) is 12.7 Å². The monoisotopic (exact) mass is 682 g/mol. The van der Waals surface area contributed by atoms with Crippen LogP contribution in [-0.4, -0.2) is 107 Å². The first-order valence-corrected chi connectivity index (χ1v) is 18.3. The van der Waals surface area contributed by atoms with Crippen molar-refractivity contribution in [3.63, 3.8) is 0 Å². The molecule has 1 amide bonds. The Morgan fingerprint density at radius 1 is 1.00 bits per heavy atom. The van der Waals surface area contributed by atoms with Crippen LogP contribution in [0.4, 0.5) is 11.5 Å². The molecule has 10 nitrogen and oxygen atoms in total. The topological polar surface area (TPSA) is 102 Å². The number of carbonyl (C=O) groups excluding carboxylic acids is 1. The SMILES string of the molecule is Cc1c(N[I-][C@H]2CCN(c3ccccc3)C2)ncnc1C(=O)N1CCC(N2CCC(N(C)S(C)(=O)=O)CC2)CC1. The number of aromatic nitrogens is 2. The summed E-state index contributed by atoms with van der Waals surface area (Å²) in [7, 11) is -1.47. The van der Waals surface area contributed by atoms with E-state index in [1.54, 1.807) is 7.05 Å². The zero-order valence-corrected chi connectivity index (χ0v) is 26.6. The number of amides is 1. The van der Waals surface area contributed by atoms with Crippen LogP contribution in [-0.2, 0) is 10.0 Å². The summed E-state index contributed by atoms with van der Waals surface area (Å²) in [4.78, 5) is 29.2. The second kappa shape index (κ2) is 12.9. The van der Waals surface area contributed by atoms with E-state index in [0.29, 0.717) is 28.7 Å². The first kappa shape index (κ1) is 29.5. The third kappa shape index (κ3) is 6.88. The fourth-order valence-electron chi connectivity index (χ4n) is 6.04. The summed E-state index contributed by atoms with van der Waals surface area (Å²) in [6.07, 6.45) is 7.53. The standard InChI is InChI=1S/C28H41IN7O3S/c1-21-26(30-20-31-27(21)32-29-22-9-14-36(19-22)24-7-5-4-6-8-24)28(37)35-17-12-25(13-18-35)34-15-10-23(11-16-34)33(2)40(3,38)39/h4-8,20,22-23,25H,9-19H2,1-3H3,(H,30,31,32)/q-1/t22-/m0/s1. The number of nitrogens with zero attached hydrogens (tertiary/aromatic N) is 6. The van der Waals surface area contributed by atoms with Crippen molar-refractivity contribution in [2.75, 3.05) is 61.0 Å². The van der Waals surface area contributed by atoms with E-state index in [-0.39, 0.29) is 33.4 Å². The van der Waals surface area contributed by atoms with Gasteiger partial charge >= 0.3 is 208 Å². The predicted molar refractivity (Wildman–Crippen MR) is 154 cm³/mol. The van der Waals surface area contributed by atoms with E-state index in [2.05, 4.69) is 53.6 Å². The number of anilines is 2. The zero-order chi connectivity index (χ0) is 28.3. The molecular formula is C28H41IN7O3S-. The normalized spacial score (nSPS) is 21.9. The summed E-state index contributed by atoms with van der Waals surface area (Å²) >= 11 is -0.319. The van der Waals surface area contributed by atoms with Gasteiger partial charge in [0.25, 0.3) is 0 Å². The predicted octanol–water partition coefficient (Wildman–Crippen LogP) is -0.560. The van der Waals surface area contributed by atoms with Crippen molar-refractivity contribution in [2.45, 2.75) is 55.0 Å². The molecule has 3 aliphatic heterocycles. The van der Waals surface area contributed by atoms with Crippen molar-refractivity contribution in [3.8, 4) is 0 Å². The van der Waals surface area contributed by atoms with Crippen molar-refractivity contribution in [3.05, 3.63) is 47.9 Å². The Bertz CT molecular complexity index is 1270. The van der Waals surface area contributed by atoms with Crippen LogP contribution in [0.5, 0.6) is 0 Å². The van der Waals surface area contributed by atoms with E-state index in [1.807, 2.05) is 11.8 Å². The fraction of sp³-hybridized carbons (Fsp3) is 0.607. The molecule has 3 saturated heterocycles. The number of carbonyl (C=O) groups is 1. The summed E-state index contributed by atoms with van der Waals surface area (Å²) in [5, 5.41) is 0. The number of hydrogen-bond donors (Lipinski definition) is 1. The van der Waals surface area contributed by atoms with Crippen LogP contribution in [0.1, 0.15) is 48.2 Å². The molecule has 4 heterocycles. The summed E-state index contributed by atoms with van der Waals surface area (Å²) in [6, 6.07) is 11.1. The van der Waals surface area contributed by atoms with Gasteiger partial charge < -0.3 is 0 Å². The van der Waals surface area contributed by atoms with Crippen LogP contribution in [0.25, 0.3) is 0 Å². The number of piperidine rings is 2. The Hall–Kier alpha value is -2.03. The Balaban J connectivity index is 1.10. The molecule has 0 aliphatic carbocycles. The molecule has 0 unspecified atom stereocenters. The van der Waals surface area contributed by atoms with Crippen molar-refractivity contribution in [2.24, 2.45) is 0 Å². The van der Waals surface area contributed by atoms with Gasteiger partial charge in [-0.2, -0.15) is 0 Å². The molecule has 40 heavy (non-hydrogen) atoms. The Labute approximate surface area is 249 Å². The number of rotatable bonds is 8. The van der Waals surface area contributed by atoms with Crippen LogP contribution in [0.15, 0.2) is 36.7 Å². The van der Waals surface area contributed by atoms with Gasteiger partial charge in [0.1, 0.15) is 0 Å². The molecule has 1 N–H and O–H groups in total.